The Hall–Kier alpha value is -1.16. The van der Waals surface area contributed by atoms with Gasteiger partial charge in [-0.2, -0.15) is 11.8 Å². The lowest BCUT2D eigenvalue weighted by Gasteiger charge is -2.22. The molecule has 4 heteroatoms. The maximum atomic E-state index is 12.2. The molecule has 0 heterocycles. The summed E-state index contributed by atoms with van der Waals surface area (Å²) in [6.45, 7) is 10.3. The Morgan fingerprint density at radius 1 is 1.30 bits per heavy atom. The van der Waals surface area contributed by atoms with Crippen LogP contribution in [-0.2, 0) is 0 Å². The molecule has 0 radical (unpaired) electrons. The van der Waals surface area contributed by atoms with Gasteiger partial charge in [-0.3, -0.25) is 4.79 Å². The van der Waals surface area contributed by atoms with E-state index < -0.39 is 0 Å². The number of carbonyl (C=O) groups excluding carboxylic acids is 1. The molecule has 1 rings (SSSR count). The molecule has 112 valence electrons. The van der Waals surface area contributed by atoms with Gasteiger partial charge in [0.1, 0.15) is 5.75 Å². The lowest BCUT2D eigenvalue weighted by molar-refractivity contribution is 0.101. The van der Waals surface area contributed by atoms with Crippen LogP contribution in [-0.4, -0.2) is 37.0 Å². The van der Waals surface area contributed by atoms with E-state index in [1.54, 1.807) is 18.9 Å². The lowest BCUT2D eigenvalue weighted by atomic mass is 10.1. The van der Waals surface area contributed by atoms with Crippen molar-refractivity contribution < 1.29 is 9.53 Å². The third-order valence-corrected chi connectivity index (χ3v) is 4.26. The molecular weight excluding hydrogens is 270 g/mol. The van der Waals surface area contributed by atoms with E-state index in [-0.39, 0.29) is 5.78 Å². The summed E-state index contributed by atoms with van der Waals surface area (Å²) in [6.07, 6.45) is 0. The van der Waals surface area contributed by atoms with E-state index in [0.717, 1.165) is 18.8 Å². The maximum Gasteiger partial charge on any atom is 0.176 e. The predicted octanol–water partition coefficient (Wildman–Crippen LogP) is 3.87. The normalized spacial score (nSPS) is 10.7. The smallest absolute Gasteiger partial charge is 0.176 e. The van der Waals surface area contributed by atoms with Crippen LogP contribution in [0.4, 0.5) is 5.69 Å². The van der Waals surface area contributed by atoms with Crippen molar-refractivity contribution in [3.05, 3.63) is 23.8 Å². The molecule has 0 aliphatic carbocycles. The van der Waals surface area contributed by atoms with E-state index >= 15 is 0 Å². The second kappa shape index (κ2) is 8.20. The van der Waals surface area contributed by atoms with Gasteiger partial charge in [-0.05, 0) is 31.2 Å². The summed E-state index contributed by atoms with van der Waals surface area (Å²) in [6, 6.07) is 5.85. The number of benzene rings is 1. The van der Waals surface area contributed by atoms with Gasteiger partial charge in [-0.1, -0.05) is 13.8 Å². The topological polar surface area (TPSA) is 29.5 Å². The molecule has 0 saturated carbocycles. The van der Waals surface area contributed by atoms with E-state index in [1.165, 1.54) is 0 Å². The lowest BCUT2D eigenvalue weighted by Crippen LogP contribution is -2.22. The average Bonchev–Trinajstić information content (AvgIpc) is 2.45. The molecule has 0 amide bonds. The summed E-state index contributed by atoms with van der Waals surface area (Å²) in [4.78, 5) is 14.5. The Morgan fingerprint density at radius 3 is 2.45 bits per heavy atom. The van der Waals surface area contributed by atoms with E-state index in [0.29, 0.717) is 22.3 Å². The monoisotopic (exact) mass is 295 g/mol. The van der Waals surface area contributed by atoms with Crippen LogP contribution in [0, 0.1) is 0 Å². The van der Waals surface area contributed by atoms with Crippen molar-refractivity contribution in [1.82, 2.24) is 0 Å². The molecule has 0 aromatic heterocycles. The minimum atomic E-state index is 0.131. The van der Waals surface area contributed by atoms with Crippen LogP contribution in [0.25, 0.3) is 0 Å². The van der Waals surface area contributed by atoms with Gasteiger partial charge in [0, 0.05) is 24.8 Å². The number of rotatable bonds is 8. The Balaban J connectivity index is 2.95. The minimum absolute atomic E-state index is 0.131. The zero-order chi connectivity index (χ0) is 15.1. The molecule has 1 aromatic rings. The fourth-order valence-corrected chi connectivity index (χ4v) is 2.66. The Kier molecular flexibility index (Phi) is 6.93. The first kappa shape index (κ1) is 16.9. The number of nitrogens with zero attached hydrogens (tertiary/aromatic N) is 1. The number of ketones is 1. The van der Waals surface area contributed by atoms with E-state index in [1.807, 2.05) is 18.2 Å². The maximum absolute atomic E-state index is 12.2. The highest BCUT2D eigenvalue weighted by atomic mass is 32.2. The number of anilines is 1. The molecule has 20 heavy (non-hydrogen) atoms. The highest BCUT2D eigenvalue weighted by Gasteiger charge is 2.15. The van der Waals surface area contributed by atoms with Crippen LogP contribution >= 0.6 is 11.8 Å². The van der Waals surface area contributed by atoms with Gasteiger partial charge >= 0.3 is 0 Å². The van der Waals surface area contributed by atoms with Crippen molar-refractivity contribution in [2.45, 2.75) is 32.9 Å². The standard InChI is InChI=1S/C16H25NO2S/c1-6-17(7-2)13-8-9-14(16(10-13)19-5)15(18)11-20-12(3)4/h8-10,12H,6-7,11H2,1-5H3. The van der Waals surface area contributed by atoms with Crippen LogP contribution in [0.5, 0.6) is 5.75 Å². The van der Waals surface area contributed by atoms with Crippen LogP contribution in [0.1, 0.15) is 38.1 Å². The van der Waals surface area contributed by atoms with E-state index in [2.05, 4.69) is 32.6 Å². The van der Waals surface area contributed by atoms with Crippen LogP contribution in [0.3, 0.4) is 0 Å². The highest BCUT2D eigenvalue weighted by molar-refractivity contribution is 8.00. The third kappa shape index (κ3) is 4.44. The van der Waals surface area contributed by atoms with Gasteiger partial charge in [-0.25, -0.2) is 0 Å². The number of hydrogen-bond acceptors (Lipinski definition) is 4. The summed E-state index contributed by atoms with van der Waals surface area (Å²) in [5, 5.41) is 0.458. The average molecular weight is 295 g/mol. The largest absolute Gasteiger partial charge is 0.496 e. The summed E-state index contributed by atoms with van der Waals surface area (Å²) in [5.74, 6) is 1.30. The first-order valence-corrected chi connectivity index (χ1v) is 8.16. The van der Waals surface area contributed by atoms with Gasteiger partial charge < -0.3 is 9.64 Å². The number of thioether (sulfide) groups is 1. The molecular formula is C16H25NO2S. The molecule has 0 bridgehead atoms. The fraction of sp³-hybridized carbons (Fsp3) is 0.562. The zero-order valence-corrected chi connectivity index (χ0v) is 13.9. The van der Waals surface area contributed by atoms with Gasteiger partial charge in [0.15, 0.2) is 5.78 Å². The van der Waals surface area contributed by atoms with Crippen molar-refractivity contribution in [2.24, 2.45) is 0 Å². The highest BCUT2D eigenvalue weighted by Crippen LogP contribution is 2.27. The molecule has 0 fully saturated rings. The molecule has 1 aromatic carbocycles. The first-order chi connectivity index (χ1) is 9.53. The van der Waals surface area contributed by atoms with Crippen molar-refractivity contribution in [1.29, 1.82) is 0 Å². The van der Waals surface area contributed by atoms with Crippen molar-refractivity contribution in [3.63, 3.8) is 0 Å². The summed E-state index contributed by atoms with van der Waals surface area (Å²) in [5.41, 5.74) is 1.77. The van der Waals surface area contributed by atoms with Gasteiger partial charge in [0.2, 0.25) is 0 Å². The number of ether oxygens (including phenoxy) is 1. The molecule has 0 unspecified atom stereocenters. The molecule has 0 aliphatic heterocycles. The second-order valence-electron chi connectivity index (χ2n) is 4.84. The van der Waals surface area contributed by atoms with Crippen LogP contribution < -0.4 is 9.64 Å². The molecule has 0 saturated heterocycles. The third-order valence-electron chi connectivity index (χ3n) is 3.16. The van der Waals surface area contributed by atoms with Crippen molar-refractivity contribution >= 4 is 23.2 Å². The van der Waals surface area contributed by atoms with Crippen molar-refractivity contribution in [2.75, 3.05) is 30.9 Å². The Morgan fingerprint density at radius 2 is 1.95 bits per heavy atom. The predicted molar refractivity (Wildman–Crippen MR) is 88.5 cm³/mol. The summed E-state index contributed by atoms with van der Waals surface area (Å²) >= 11 is 1.66. The first-order valence-electron chi connectivity index (χ1n) is 7.11. The molecule has 0 N–H and O–H groups in total. The number of Topliss-reactive ketones (excluding diaryl/α,β-unsaturated/α-hetero) is 1. The molecule has 0 atom stereocenters. The number of methoxy groups -OCH3 is 1. The molecule has 0 aliphatic rings. The van der Waals surface area contributed by atoms with Gasteiger partial charge in [-0.15, -0.1) is 0 Å². The number of hydrogen-bond donors (Lipinski definition) is 0. The quantitative estimate of drug-likeness (QED) is 0.681. The summed E-state index contributed by atoms with van der Waals surface area (Å²) < 4.78 is 5.40. The number of carbonyl (C=O) groups is 1. The fourth-order valence-electron chi connectivity index (χ4n) is 2.02. The van der Waals surface area contributed by atoms with Crippen LogP contribution in [0.2, 0.25) is 0 Å². The van der Waals surface area contributed by atoms with Gasteiger partial charge in [0.25, 0.3) is 0 Å². The molecule has 0 spiro atoms. The zero-order valence-electron chi connectivity index (χ0n) is 13.1. The van der Waals surface area contributed by atoms with Crippen molar-refractivity contribution in [3.8, 4) is 5.75 Å². The minimum Gasteiger partial charge on any atom is -0.496 e. The van der Waals surface area contributed by atoms with Crippen LogP contribution in [0.15, 0.2) is 18.2 Å². The SMILES string of the molecule is CCN(CC)c1ccc(C(=O)CSC(C)C)c(OC)c1. The summed E-state index contributed by atoms with van der Waals surface area (Å²) in [7, 11) is 1.62. The van der Waals surface area contributed by atoms with E-state index in [9.17, 15) is 4.79 Å². The Bertz CT molecular complexity index is 442. The molecule has 3 nitrogen and oxygen atoms in total. The van der Waals surface area contributed by atoms with Gasteiger partial charge in [0.05, 0.1) is 18.4 Å². The second-order valence-corrected chi connectivity index (χ2v) is 6.40. The Labute approximate surface area is 126 Å². The van der Waals surface area contributed by atoms with E-state index in [4.69, 9.17) is 4.74 Å².